The number of likely N-dealkylation sites (N-methyl/N-ethyl adjacent to an activating group) is 1. The van der Waals surface area contributed by atoms with Gasteiger partial charge in [0.05, 0.1) is 10.6 Å². The van der Waals surface area contributed by atoms with E-state index >= 15 is 0 Å². The number of hydrogen-bond acceptors (Lipinski definition) is 4. The number of halogens is 2. The molecule has 3 rings (SSSR count). The third-order valence-electron chi connectivity index (χ3n) is 5.71. The fraction of sp³-hybridized carbons (Fsp3) is 0.417. The van der Waals surface area contributed by atoms with E-state index in [9.17, 15) is 14.0 Å². The van der Waals surface area contributed by atoms with Gasteiger partial charge in [0.25, 0.3) is 5.91 Å². The van der Waals surface area contributed by atoms with Crippen molar-refractivity contribution in [3.63, 3.8) is 0 Å². The van der Waals surface area contributed by atoms with E-state index in [2.05, 4.69) is 33.4 Å². The Bertz CT molecular complexity index is 932. The number of carbonyl (C=O) groups is 2. The van der Waals surface area contributed by atoms with Crippen LogP contribution in [0.1, 0.15) is 34.8 Å². The van der Waals surface area contributed by atoms with Crippen molar-refractivity contribution < 1.29 is 14.0 Å². The minimum absolute atomic E-state index is 0.0414. The molecule has 2 N–H and O–H groups in total. The molecule has 1 aliphatic heterocycles. The third-order valence-corrected chi connectivity index (χ3v) is 6.03. The van der Waals surface area contributed by atoms with E-state index in [0.29, 0.717) is 6.54 Å². The first-order valence-corrected chi connectivity index (χ1v) is 11.4. The molecular weight excluding hydrogens is 431 g/mol. The van der Waals surface area contributed by atoms with Crippen molar-refractivity contribution in [3.05, 3.63) is 70.0 Å². The molecule has 32 heavy (non-hydrogen) atoms. The zero-order chi connectivity index (χ0) is 22.9. The largest absolute Gasteiger partial charge is 0.352 e. The second kappa shape index (κ2) is 11.9. The molecule has 1 aliphatic rings. The summed E-state index contributed by atoms with van der Waals surface area (Å²) >= 11 is 5.90. The van der Waals surface area contributed by atoms with Gasteiger partial charge in [0.2, 0.25) is 5.91 Å². The molecule has 1 saturated heterocycles. The van der Waals surface area contributed by atoms with E-state index in [1.54, 1.807) is 0 Å². The summed E-state index contributed by atoms with van der Waals surface area (Å²) in [5.41, 5.74) is 2.50. The van der Waals surface area contributed by atoms with Crippen molar-refractivity contribution in [3.8, 4) is 0 Å². The number of rotatable bonds is 9. The van der Waals surface area contributed by atoms with E-state index in [1.807, 2.05) is 18.2 Å². The van der Waals surface area contributed by atoms with Crippen LogP contribution in [0.25, 0.3) is 0 Å². The second-order valence-electron chi connectivity index (χ2n) is 7.89. The van der Waals surface area contributed by atoms with Crippen LogP contribution in [0.3, 0.4) is 0 Å². The van der Waals surface area contributed by atoms with Crippen LogP contribution in [0.4, 0.5) is 4.39 Å². The number of nitrogens with zero attached hydrogens (tertiary/aromatic N) is 2. The van der Waals surface area contributed by atoms with Gasteiger partial charge in [-0.2, -0.15) is 0 Å². The molecule has 172 valence electrons. The molecule has 0 unspecified atom stereocenters. The Kier molecular flexibility index (Phi) is 9.02. The van der Waals surface area contributed by atoms with Crippen LogP contribution < -0.4 is 10.6 Å². The molecule has 2 aromatic rings. The number of piperazine rings is 1. The normalized spacial score (nSPS) is 14.8. The zero-order valence-electron chi connectivity index (χ0n) is 18.4. The summed E-state index contributed by atoms with van der Waals surface area (Å²) in [5, 5.41) is 5.62. The van der Waals surface area contributed by atoms with Gasteiger partial charge in [0.15, 0.2) is 0 Å². The molecular formula is C24H30ClFN4O2. The van der Waals surface area contributed by atoms with Gasteiger partial charge in [-0.05, 0) is 35.9 Å². The summed E-state index contributed by atoms with van der Waals surface area (Å²) in [4.78, 5) is 29.3. The van der Waals surface area contributed by atoms with Gasteiger partial charge in [-0.3, -0.25) is 14.5 Å². The summed E-state index contributed by atoms with van der Waals surface area (Å²) in [6, 6.07) is 11.7. The van der Waals surface area contributed by atoms with Crippen LogP contribution >= 0.6 is 11.6 Å². The molecule has 0 bridgehead atoms. The molecule has 8 heteroatoms. The maximum atomic E-state index is 13.1. The molecule has 0 spiro atoms. The second-order valence-corrected chi connectivity index (χ2v) is 8.29. The van der Waals surface area contributed by atoms with Crippen LogP contribution in [0, 0.1) is 5.82 Å². The number of benzene rings is 2. The molecule has 0 aromatic heterocycles. The molecule has 0 atom stereocenters. The van der Waals surface area contributed by atoms with E-state index in [4.69, 9.17) is 11.6 Å². The highest BCUT2D eigenvalue weighted by molar-refractivity contribution is 6.33. The maximum Gasteiger partial charge on any atom is 0.252 e. The lowest BCUT2D eigenvalue weighted by atomic mass is 10.1. The Morgan fingerprint density at radius 1 is 1.00 bits per heavy atom. The number of hydrogen-bond donors (Lipinski definition) is 2. The number of amides is 2. The smallest absolute Gasteiger partial charge is 0.252 e. The Hall–Kier alpha value is -2.48. The lowest BCUT2D eigenvalue weighted by Crippen LogP contribution is -2.45. The van der Waals surface area contributed by atoms with Crippen LogP contribution in [0.2, 0.25) is 5.02 Å². The topological polar surface area (TPSA) is 64.7 Å². The highest BCUT2D eigenvalue weighted by atomic mass is 35.5. The first kappa shape index (κ1) is 24.2. The van der Waals surface area contributed by atoms with Gasteiger partial charge >= 0.3 is 0 Å². The van der Waals surface area contributed by atoms with Gasteiger partial charge in [0.1, 0.15) is 5.82 Å². The van der Waals surface area contributed by atoms with Crippen LogP contribution in [0.15, 0.2) is 42.5 Å². The quantitative estimate of drug-likeness (QED) is 0.603. The van der Waals surface area contributed by atoms with Gasteiger partial charge in [0, 0.05) is 52.2 Å². The predicted octanol–water partition coefficient (Wildman–Crippen LogP) is 3.05. The molecule has 1 heterocycles. The van der Waals surface area contributed by atoms with E-state index in [-0.39, 0.29) is 29.5 Å². The van der Waals surface area contributed by atoms with Gasteiger partial charge in [-0.25, -0.2) is 4.39 Å². The van der Waals surface area contributed by atoms with Crippen LogP contribution in [-0.2, 0) is 17.9 Å². The number of nitrogens with one attached hydrogen (secondary N) is 2. The Morgan fingerprint density at radius 3 is 2.38 bits per heavy atom. The SMILES string of the molecule is CCN1CCN(Cc2ccccc2CNC(=O)CCNC(=O)c2ccc(F)cc2Cl)CC1. The van der Waals surface area contributed by atoms with Gasteiger partial charge in [-0.15, -0.1) is 0 Å². The van der Waals surface area contributed by atoms with Gasteiger partial charge in [-0.1, -0.05) is 42.8 Å². The Morgan fingerprint density at radius 2 is 1.69 bits per heavy atom. The first-order valence-electron chi connectivity index (χ1n) is 11.0. The fourth-order valence-electron chi connectivity index (χ4n) is 3.73. The van der Waals surface area contributed by atoms with Crippen molar-refractivity contribution in [2.45, 2.75) is 26.4 Å². The van der Waals surface area contributed by atoms with E-state index in [0.717, 1.165) is 50.9 Å². The average molecular weight is 461 g/mol. The van der Waals surface area contributed by atoms with Crippen molar-refractivity contribution in [2.75, 3.05) is 39.3 Å². The van der Waals surface area contributed by atoms with Crippen molar-refractivity contribution in [1.29, 1.82) is 0 Å². The minimum Gasteiger partial charge on any atom is -0.352 e. The lowest BCUT2D eigenvalue weighted by molar-refractivity contribution is -0.121. The van der Waals surface area contributed by atoms with Gasteiger partial charge < -0.3 is 15.5 Å². The van der Waals surface area contributed by atoms with E-state index in [1.165, 1.54) is 17.7 Å². The summed E-state index contributed by atoms with van der Waals surface area (Å²) in [7, 11) is 0. The molecule has 0 radical (unpaired) electrons. The first-order chi connectivity index (χ1) is 15.5. The third kappa shape index (κ3) is 7.02. The molecule has 1 fully saturated rings. The summed E-state index contributed by atoms with van der Waals surface area (Å²) in [5.74, 6) is -1.09. The summed E-state index contributed by atoms with van der Waals surface area (Å²) in [6.07, 6.45) is 0.145. The van der Waals surface area contributed by atoms with E-state index < -0.39 is 11.7 Å². The highest BCUT2D eigenvalue weighted by Gasteiger charge is 2.17. The molecule has 2 aromatic carbocycles. The minimum atomic E-state index is -0.505. The van der Waals surface area contributed by atoms with Crippen LogP contribution in [-0.4, -0.2) is 60.9 Å². The summed E-state index contributed by atoms with van der Waals surface area (Å²) in [6.45, 7) is 9.04. The monoisotopic (exact) mass is 460 g/mol. The fourth-order valence-corrected chi connectivity index (χ4v) is 3.98. The Balaban J connectivity index is 1.43. The van der Waals surface area contributed by atoms with Crippen LogP contribution in [0.5, 0.6) is 0 Å². The standard InChI is InChI=1S/C24H30ClFN4O2/c1-2-29-11-13-30(14-12-29)17-19-6-4-3-5-18(19)16-28-23(31)9-10-27-24(32)21-8-7-20(26)15-22(21)25/h3-8,15H,2,9-14,16-17H2,1H3,(H,27,32)(H,28,31). The molecule has 0 aliphatic carbocycles. The summed E-state index contributed by atoms with van der Waals surface area (Å²) < 4.78 is 13.1. The van der Waals surface area contributed by atoms with Crippen molar-refractivity contribution in [2.24, 2.45) is 0 Å². The number of carbonyl (C=O) groups excluding carboxylic acids is 2. The predicted molar refractivity (Wildman–Crippen MR) is 124 cm³/mol. The molecule has 2 amide bonds. The maximum absolute atomic E-state index is 13.1. The highest BCUT2D eigenvalue weighted by Crippen LogP contribution is 2.17. The zero-order valence-corrected chi connectivity index (χ0v) is 19.1. The van der Waals surface area contributed by atoms with Crippen molar-refractivity contribution >= 4 is 23.4 Å². The molecule has 6 nitrogen and oxygen atoms in total. The Labute approximate surface area is 193 Å². The van der Waals surface area contributed by atoms with Crippen molar-refractivity contribution in [1.82, 2.24) is 20.4 Å². The lowest BCUT2D eigenvalue weighted by Gasteiger charge is -2.34. The molecule has 0 saturated carbocycles. The average Bonchev–Trinajstić information content (AvgIpc) is 2.79.